The summed E-state index contributed by atoms with van der Waals surface area (Å²) in [6.45, 7) is 3.87. The molecule has 0 radical (unpaired) electrons. The first kappa shape index (κ1) is 22.7. The number of anilines is 1. The first-order valence-electron chi connectivity index (χ1n) is 9.77. The van der Waals surface area contributed by atoms with Gasteiger partial charge in [-0.1, -0.05) is 12.1 Å². The maximum absolute atomic E-state index is 12.7. The van der Waals surface area contributed by atoms with Crippen LogP contribution in [0.15, 0.2) is 41.5 Å². The number of methoxy groups -OCH3 is 2. The molecule has 0 N–H and O–H groups in total. The highest BCUT2D eigenvalue weighted by atomic mass is 16.5. The summed E-state index contributed by atoms with van der Waals surface area (Å²) in [5, 5.41) is 5.18. The number of carbonyl (C=O) groups is 4. The van der Waals surface area contributed by atoms with Crippen molar-refractivity contribution in [1.29, 1.82) is 0 Å². The summed E-state index contributed by atoms with van der Waals surface area (Å²) in [6.07, 6.45) is -0.0528. The van der Waals surface area contributed by atoms with Crippen molar-refractivity contribution in [2.24, 2.45) is 5.10 Å². The van der Waals surface area contributed by atoms with E-state index in [4.69, 9.17) is 9.47 Å². The Balaban J connectivity index is 2.19. The second-order valence-electron chi connectivity index (χ2n) is 7.13. The molecule has 0 spiro atoms. The van der Waals surface area contributed by atoms with Gasteiger partial charge < -0.3 is 9.47 Å². The highest BCUT2D eigenvalue weighted by Gasteiger charge is 2.28. The lowest BCUT2D eigenvalue weighted by Gasteiger charge is -2.18. The molecule has 0 aliphatic carbocycles. The zero-order valence-electron chi connectivity index (χ0n) is 18.5. The second kappa shape index (κ2) is 9.01. The van der Waals surface area contributed by atoms with Gasteiger partial charge in [-0.3, -0.25) is 24.1 Å². The molecule has 0 saturated heterocycles. The zero-order chi connectivity index (χ0) is 23.6. The molecule has 0 saturated carbocycles. The Morgan fingerprint density at radius 3 is 2.00 bits per heavy atom. The molecule has 1 aliphatic heterocycles. The molecule has 9 heteroatoms. The lowest BCUT2D eigenvalue weighted by Crippen LogP contribution is -2.33. The van der Waals surface area contributed by atoms with Gasteiger partial charge in [0.05, 0.1) is 32.0 Å². The number of imide groups is 2. The Bertz CT molecular complexity index is 1120. The summed E-state index contributed by atoms with van der Waals surface area (Å²) >= 11 is 0. The van der Waals surface area contributed by atoms with Gasteiger partial charge in [-0.15, -0.1) is 0 Å². The third-order valence-electron chi connectivity index (χ3n) is 4.97. The summed E-state index contributed by atoms with van der Waals surface area (Å²) in [6, 6.07) is 9.93. The monoisotopic (exact) mass is 437 g/mol. The van der Waals surface area contributed by atoms with Crippen LogP contribution in [0.4, 0.5) is 5.69 Å². The fraction of sp³-hybridized carbons (Fsp3) is 0.261. The largest absolute Gasteiger partial charge is 0.493 e. The first-order valence-corrected chi connectivity index (χ1v) is 9.77. The molecule has 3 rings (SSSR count). The highest BCUT2D eigenvalue weighted by Crippen LogP contribution is 2.34. The average Bonchev–Trinajstić information content (AvgIpc) is 2.88. The van der Waals surface area contributed by atoms with Gasteiger partial charge in [0.2, 0.25) is 17.7 Å². The van der Waals surface area contributed by atoms with E-state index in [1.165, 1.54) is 35.0 Å². The minimum Gasteiger partial charge on any atom is -0.493 e. The van der Waals surface area contributed by atoms with Crippen LogP contribution in [0.3, 0.4) is 0 Å². The first-order chi connectivity index (χ1) is 15.2. The van der Waals surface area contributed by atoms with Crippen LogP contribution in [0.25, 0.3) is 0 Å². The molecule has 0 bridgehead atoms. The standard InChI is InChI=1S/C23H23N3O6/c1-13(27)25(14(2)28)18-8-6-16(7-9-18)23-19-12-21(32-5)20(31-4)10-17(19)11-22(30)26(24-23)15(3)29/h6-10,12H,11H2,1-5H3. The number of ether oxygens (including phenoxy) is 2. The van der Waals surface area contributed by atoms with Gasteiger partial charge in [-0.2, -0.15) is 10.1 Å². The van der Waals surface area contributed by atoms with Gasteiger partial charge >= 0.3 is 0 Å². The van der Waals surface area contributed by atoms with E-state index >= 15 is 0 Å². The van der Waals surface area contributed by atoms with Crippen LogP contribution in [0.1, 0.15) is 37.5 Å². The lowest BCUT2D eigenvalue weighted by molar-refractivity contribution is -0.143. The van der Waals surface area contributed by atoms with E-state index in [1.807, 2.05) is 0 Å². The molecule has 0 unspecified atom stereocenters. The topological polar surface area (TPSA) is 106 Å². The van der Waals surface area contributed by atoms with E-state index in [1.54, 1.807) is 36.4 Å². The van der Waals surface area contributed by atoms with E-state index < -0.39 is 23.6 Å². The molecule has 166 valence electrons. The maximum Gasteiger partial charge on any atom is 0.254 e. The number of hydrogen-bond acceptors (Lipinski definition) is 7. The minimum atomic E-state index is -0.518. The molecular weight excluding hydrogens is 414 g/mol. The predicted octanol–water partition coefficient (Wildman–Crippen LogP) is 2.29. The molecule has 9 nitrogen and oxygen atoms in total. The molecule has 0 fully saturated rings. The van der Waals surface area contributed by atoms with Gasteiger partial charge in [0, 0.05) is 31.9 Å². The van der Waals surface area contributed by atoms with Crippen LogP contribution in [-0.2, 0) is 25.6 Å². The van der Waals surface area contributed by atoms with E-state index in [9.17, 15) is 19.2 Å². The molecule has 1 aliphatic rings. The summed E-state index contributed by atoms with van der Waals surface area (Å²) in [4.78, 5) is 49.5. The van der Waals surface area contributed by atoms with Crippen molar-refractivity contribution in [3.05, 3.63) is 53.1 Å². The predicted molar refractivity (Wildman–Crippen MR) is 117 cm³/mol. The molecular formula is C23H23N3O6. The van der Waals surface area contributed by atoms with E-state index in [0.29, 0.717) is 39.6 Å². The van der Waals surface area contributed by atoms with Gasteiger partial charge in [0.1, 0.15) is 0 Å². The third kappa shape index (κ3) is 4.22. The fourth-order valence-corrected chi connectivity index (χ4v) is 3.55. The molecule has 2 aromatic rings. The molecule has 1 heterocycles. The van der Waals surface area contributed by atoms with Gasteiger partial charge in [-0.25, -0.2) is 0 Å². The molecule has 4 amide bonds. The van der Waals surface area contributed by atoms with Crippen molar-refractivity contribution < 1.29 is 28.7 Å². The molecule has 0 atom stereocenters. The zero-order valence-corrected chi connectivity index (χ0v) is 18.5. The number of benzene rings is 2. The Kier molecular flexibility index (Phi) is 6.38. The van der Waals surface area contributed by atoms with Crippen molar-refractivity contribution in [2.75, 3.05) is 19.1 Å². The quantitative estimate of drug-likeness (QED) is 0.727. The number of hydrogen-bond donors (Lipinski definition) is 0. The summed E-state index contributed by atoms with van der Waals surface area (Å²) < 4.78 is 10.8. The normalized spacial score (nSPS) is 13.0. The van der Waals surface area contributed by atoms with Gasteiger partial charge in [0.25, 0.3) is 5.91 Å². The number of fused-ring (bicyclic) bond motifs is 1. The fourth-order valence-electron chi connectivity index (χ4n) is 3.55. The Labute approximate surface area is 185 Å². The van der Waals surface area contributed by atoms with E-state index in [2.05, 4.69) is 5.10 Å². The Morgan fingerprint density at radius 1 is 0.938 bits per heavy atom. The van der Waals surface area contributed by atoms with Crippen molar-refractivity contribution >= 4 is 35.0 Å². The van der Waals surface area contributed by atoms with Crippen molar-refractivity contribution in [3.8, 4) is 11.5 Å². The Hall–Kier alpha value is -4.01. The van der Waals surface area contributed by atoms with Crippen molar-refractivity contribution in [1.82, 2.24) is 5.01 Å². The number of amides is 4. The highest BCUT2D eigenvalue weighted by molar-refractivity contribution is 6.17. The van der Waals surface area contributed by atoms with Crippen LogP contribution in [0.2, 0.25) is 0 Å². The van der Waals surface area contributed by atoms with Crippen LogP contribution in [0.5, 0.6) is 11.5 Å². The van der Waals surface area contributed by atoms with E-state index in [-0.39, 0.29) is 6.42 Å². The summed E-state index contributed by atoms with van der Waals surface area (Å²) in [7, 11) is 2.99. The number of rotatable bonds is 4. The third-order valence-corrected chi connectivity index (χ3v) is 4.97. The molecule has 0 aromatic heterocycles. The number of nitrogens with zero attached hydrogens (tertiary/aromatic N) is 3. The number of hydrazone groups is 1. The smallest absolute Gasteiger partial charge is 0.254 e. The van der Waals surface area contributed by atoms with Crippen molar-refractivity contribution in [3.63, 3.8) is 0 Å². The lowest BCUT2D eigenvalue weighted by atomic mass is 9.95. The van der Waals surface area contributed by atoms with Crippen LogP contribution < -0.4 is 14.4 Å². The Morgan fingerprint density at radius 2 is 1.50 bits per heavy atom. The molecule has 32 heavy (non-hydrogen) atoms. The average molecular weight is 437 g/mol. The van der Waals surface area contributed by atoms with E-state index in [0.717, 1.165) is 9.91 Å². The van der Waals surface area contributed by atoms with Crippen molar-refractivity contribution in [2.45, 2.75) is 27.2 Å². The number of carbonyl (C=O) groups excluding carboxylic acids is 4. The summed E-state index contributed by atoms with van der Waals surface area (Å²) in [5.74, 6) is -0.922. The maximum atomic E-state index is 12.7. The minimum absolute atomic E-state index is 0.0528. The SMILES string of the molecule is COc1cc2c(cc1OC)C(c1ccc(N(C(C)=O)C(C)=O)cc1)=NN(C(C)=O)C(=O)C2. The second-order valence-corrected chi connectivity index (χ2v) is 7.13. The summed E-state index contributed by atoms with van der Waals surface area (Å²) in [5.41, 5.74) is 2.56. The van der Waals surface area contributed by atoms with Crippen LogP contribution in [-0.4, -0.2) is 48.6 Å². The van der Waals surface area contributed by atoms with Gasteiger partial charge in [-0.05, 0) is 29.8 Å². The van der Waals surface area contributed by atoms with Gasteiger partial charge in [0.15, 0.2) is 11.5 Å². The van der Waals surface area contributed by atoms with Crippen LogP contribution in [0, 0.1) is 0 Å². The molecule has 2 aromatic carbocycles. The van der Waals surface area contributed by atoms with Crippen LogP contribution >= 0.6 is 0 Å².